The molecule has 3 heterocycles. The quantitative estimate of drug-likeness (QED) is 0.583. The van der Waals surface area contributed by atoms with Crippen LogP contribution in [0.5, 0.6) is 5.75 Å². The third kappa shape index (κ3) is 6.20. The molecule has 196 valence electrons. The molecule has 2 aromatic rings. The van der Waals surface area contributed by atoms with Gasteiger partial charge < -0.3 is 18.9 Å². The van der Waals surface area contributed by atoms with E-state index in [1.807, 2.05) is 52.1 Å². The first-order chi connectivity index (χ1) is 17.2. The molecule has 9 heteroatoms. The van der Waals surface area contributed by atoms with Gasteiger partial charge in [-0.2, -0.15) is 0 Å². The third-order valence-electron chi connectivity index (χ3n) is 7.01. The van der Waals surface area contributed by atoms with E-state index >= 15 is 0 Å². The smallest absolute Gasteiger partial charge is 0.415 e. The highest BCUT2D eigenvalue weighted by Gasteiger charge is 2.43. The van der Waals surface area contributed by atoms with Crippen molar-refractivity contribution in [2.24, 2.45) is 0 Å². The molecule has 1 aromatic heterocycles. The molecule has 4 rings (SSSR count). The van der Waals surface area contributed by atoms with Gasteiger partial charge in [-0.25, -0.2) is 4.79 Å². The van der Waals surface area contributed by atoms with Gasteiger partial charge in [0.2, 0.25) is 0 Å². The van der Waals surface area contributed by atoms with E-state index in [4.69, 9.17) is 14.5 Å². The minimum Gasteiger partial charge on any atom is -0.598 e. The molecule has 2 aliphatic rings. The number of benzene rings is 1. The van der Waals surface area contributed by atoms with Crippen LogP contribution in [-0.4, -0.2) is 69.6 Å². The maximum absolute atomic E-state index is 12.7. The van der Waals surface area contributed by atoms with E-state index in [0.29, 0.717) is 32.1 Å². The number of hydrogen-bond acceptors (Lipinski definition) is 7. The molecule has 2 saturated heterocycles. The van der Waals surface area contributed by atoms with E-state index in [2.05, 4.69) is 21.8 Å². The molecule has 0 spiro atoms. The number of hydrogen-bond donors (Lipinski definition) is 1. The highest BCUT2D eigenvalue weighted by molar-refractivity contribution is 7.90. The van der Waals surface area contributed by atoms with Crippen LogP contribution in [0.15, 0.2) is 48.7 Å². The molecule has 2 atom stereocenters. The van der Waals surface area contributed by atoms with Gasteiger partial charge in [0.05, 0.1) is 17.3 Å². The summed E-state index contributed by atoms with van der Waals surface area (Å²) in [6, 6.07) is 13.3. The Bertz CT molecular complexity index is 985. The molecule has 0 saturated carbocycles. The summed E-state index contributed by atoms with van der Waals surface area (Å²) >= 11 is -1.16. The van der Waals surface area contributed by atoms with E-state index in [1.165, 1.54) is 0 Å². The number of nitrogens with one attached hydrogen (secondary N) is 1. The number of carbonyl (C=O) groups is 1. The molecular formula is C27H38N4O4S. The number of pyridine rings is 1. The van der Waals surface area contributed by atoms with Crippen LogP contribution in [0.25, 0.3) is 0 Å². The summed E-state index contributed by atoms with van der Waals surface area (Å²) in [5.41, 5.74) is 1.81. The lowest BCUT2D eigenvalue weighted by atomic mass is 9.83. The normalized spacial score (nSPS) is 20.5. The van der Waals surface area contributed by atoms with Crippen molar-refractivity contribution in [1.82, 2.24) is 19.5 Å². The fourth-order valence-electron chi connectivity index (χ4n) is 4.76. The Kier molecular flexibility index (Phi) is 8.57. The second-order valence-corrected chi connectivity index (χ2v) is 12.5. The summed E-state index contributed by atoms with van der Waals surface area (Å²) in [4.78, 5) is 21.8. The van der Waals surface area contributed by atoms with Gasteiger partial charge in [0, 0.05) is 57.0 Å². The summed E-state index contributed by atoms with van der Waals surface area (Å²) in [5.74, 6) is 0.560. The van der Waals surface area contributed by atoms with Crippen molar-refractivity contribution in [2.45, 2.75) is 56.9 Å². The number of rotatable bonds is 6. The van der Waals surface area contributed by atoms with Gasteiger partial charge in [0.1, 0.15) is 10.5 Å². The Labute approximate surface area is 217 Å². The van der Waals surface area contributed by atoms with Gasteiger partial charge in [-0.05, 0) is 64.3 Å². The van der Waals surface area contributed by atoms with E-state index in [1.54, 1.807) is 17.0 Å². The molecule has 1 N–H and O–H groups in total. The lowest BCUT2D eigenvalue weighted by Gasteiger charge is -2.49. The predicted molar refractivity (Wildman–Crippen MR) is 141 cm³/mol. The number of amides is 1. The summed E-state index contributed by atoms with van der Waals surface area (Å²) in [7, 11) is 0. The van der Waals surface area contributed by atoms with Gasteiger partial charge in [0.15, 0.2) is 0 Å². The summed E-state index contributed by atoms with van der Waals surface area (Å²) < 4.78 is 26.6. The Morgan fingerprint density at radius 3 is 2.36 bits per heavy atom. The molecule has 1 amide bonds. The van der Waals surface area contributed by atoms with E-state index in [0.717, 1.165) is 37.2 Å². The molecule has 36 heavy (non-hydrogen) atoms. The first-order valence-electron chi connectivity index (χ1n) is 12.7. The lowest BCUT2D eigenvalue weighted by Crippen LogP contribution is -2.58. The van der Waals surface area contributed by atoms with Crippen molar-refractivity contribution in [1.29, 1.82) is 0 Å². The molecule has 2 aliphatic heterocycles. The number of ether oxygens (including phenoxy) is 2. The van der Waals surface area contributed by atoms with Crippen LogP contribution in [0.1, 0.15) is 57.8 Å². The zero-order valence-corrected chi connectivity index (χ0v) is 22.6. The average molecular weight is 515 g/mol. The van der Waals surface area contributed by atoms with Crippen molar-refractivity contribution < 1.29 is 18.8 Å². The number of aromatic nitrogens is 1. The fourth-order valence-corrected chi connectivity index (χ4v) is 5.57. The SMILES string of the molecule is C[C@@H](N[S+]([O-])C(C)(C)C)c1ccc(C2(N3CCN(C(=O)Oc4ccccc4)CC3)CCOCC2)nc1. The third-order valence-corrected chi connectivity index (χ3v) is 8.69. The van der Waals surface area contributed by atoms with Crippen molar-refractivity contribution in [3.63, 3.8) is 0 Å². The molecule has 0 aliphatic carbocycles. The first-order valence-corrected chi connectivity index (χ1v) is 13.8. The van der Waals surface area contributed by atoms with E-state index < -0.39 is 11.4 Å². The topological polar surface area (TPSA) is 90.0 Å². The maximum Gasteiger partial charge on any atom is 0.415 e. The predicted octanol–water partition coefficient (Wildman–Crippen LogP) is 4.02. The molecule has 0 bridgehead atoms. The first kappa shape index (κ1) is 26.9. The summed E-state index contributed by atoms with van der Waals surface area (Å²) in [5, 5.41) is 0. The van der Waals surface area contributed by atoms with Crippen molar-refractivity contribution >= 4 is 17.5 Å². The van der Waals surface area contributed by atoms with Crippen molar-refractivity contribution in [3.8, 4) is 5.75 Å². The standard InChI is InChI=1S/C27H38N4O4S/c1-21(29-36(33)26(2,3)4)22-10-11-24(28-20-22)27(12-18-34-19-13-27)31-16-14-30(15-17-31)25(32)35-23-8-6-5-7-9-23/h5-11,20-21,29H,12-19H2,1-4H3/t21-,36?/m1/s1. The molecule has 1 unspecified atom stereocenters. The van der Waals surface area contributed by atoms with Crippen molar-refractivity contribution in [2.75, 3.05) is 39.4 Å². The summed E-state index contributed by atoms with van der Waals surface area (Å²) in [6.45, 7) is 12.0. The number of nitrogens with zero attached hydrogens (tertiary/aromatic N) is 3. The van der Waals surface area contributed by atoms with E-state index in [-0.39, 0.29) is 22.4 Å². The van der Waals surface area contributed by atoms with Crippen LogP contribution in [0, 0.1) is 0 Å². The van der Waals surface area contributed by atoms with Crippen LogP contribution >= 0.6 is 0 Å². The second-order valence-electron chi connectivity index (χ2n) is 10.5. The van der Waals surface area contributed by atoms with Crippen molar-refractivity contribution in [3.05, 3.63) is 59.9 Å². The molecule has 1 aromatic carbocycles. The minimum absolute atomic E-state index is 0.0728. The van der Waals surface area contributed by atoms with Crippen LogP contribution in [0.3, 0.4) is 0 Å². The Morgan fingerprint density at radius 2 is 1.78 bits per heavy atom. The molecule has 8 nitrogen and oxygen atoms in total. The average Bonchev–Trinajstić information content (AvgIpc) is 2.89. The second kappa shape index (κ2) is 11.5. The number of carbonyl (C=O) groups excluding carboxylic acids is 1. The monoisotopic (exact) mass is 514 g/mol. The highest BCUT2D eigenvalue weighted by Crippen LogP contribution is 2.38. The van der Waals surface area contributed by atoms with Gasteiger partial charge in [-0.15, -0.1) is 4.72 Å². The van der Waals surface area contributed by atoms with Crippen LogP contribution < -0.4 is 9.46 Å². The maximum atomic E-state index is 12.7. The zero-order valence-electron chi connectivity index (χ0n) is 21.7. The Hall–Kier alpha value is -2.17. The lowest BCUT2D eigenvalue weighted by molar-refractivity contribution is -0.0505. The van der Waals surface area contributed by atoms with E-state index in [9.17, 15) is 9.35 Å². The molecular weight excluding hydrogens is 476 g/mol. The van der Waals surface area contributed by atoms with Crippen LogP contribution in [-0.2, 0) is 21.6 Å². The largest absolute Gasteiger partial charge is 0.598 e. The Balaban J connectivity index is 1.43. The van der Waals surface area contributed by atoms with Gasteiger partial charge in [-0.3, -0.25) is 9.88 Å². The summed E-state index contributed by atoms with van der Waals surface area (Å²) in [6.07, 6.45) is 3.31. The van der Waals surface area contributed by atoms with Crippen LogP contribution in [0.2, 0.25) is 0 Å². The van der Waals surface area contributed by atoms with Gasteiger partial charge in [0.25, 0.3) is 0 Å². The van der Waals surface area contributed by atoms with Crippen LogP contribution in [0.4, 0.5) is 4.79 Å². The zero-order chi connectivity index (χ0) is 25.8. The molecule has 0 radical (unpaired) electrons. The minimum atomic E-state index is -1.16. The Morgan fingerprint density at radius 1 is 1.11 bits per heavy atom. The van der Waals surface area contributed by atoms with Gasteiger partial charge >= 0.3 is 6.09 Å². The fraction of sp³-hybridized carbons (Fsp3) is 0.556. The highest BCUT2D eigenvalue weighted by atomic mass is 32.2. The number of para-hydroxylation sites is 1. The van der Waals surface area contributed by atoms with Gasteiger partial charge in [-0.1, -0.05) is 24.3 Å². The number of piperazine rings is 1. The molecule has 2 fully saturated rings.